The summed E-state index contributed by atoms with van der Waals surface area (Å²) in [5.41, 5.74) is 3.03. The summed E-state index contributed by atoms with van der Waals surface area (Å²) in [5, 5.41) is 4.24. The van der Waals surface area contributed by atoms with Crippen LogP contribution in [0.2, 0.25) is 0 Å². The summed E-state index contributed by atoms with van der Waals surface area (Å²) in [6.07, 6.45) is 1.13. The number of rotatable bonds is 10. The zero-order valence-electron chi connectivity index (χ0n) is 19.9. The van der Waals surface area contributed by atoms with E-state index in [2.05, 4.69) is 39.0 Å². The molecule has 0 radical (unpaired) electrons. The molecule has 4 rings (SSSR count). The van der Waals surface area contributed by atoms with Crippen molar-refractivity contribution in [1.82, 2.24) is 15.0 Å². The summed E-state index contributed by atoms with van der Waals surface area (Å²) in [7, 11) is 5.51. The van der Waals surface area contributed by atoms with E-state index in [-0.39, 0.29) is 0 Å². The second-order valence-corrected chi connectivity index (χ2v) is 8.50. The Morgan fingerprint density at radius 3 is 2.45 bits per heavy atom. The Labute approximate surface area is 196 Å². The highest BCUT2D eigenvalue weighted by Crippen LogP contribution is 2.29. The highest BCUT2D eigenvalue weighted by Gasteiger charge is 2.17. The molecule has 0 amide bonds. The lowest BCUT2D eigenvalue weighted by molar-refractivity contribution is 0.223. The molecule has 3 aromatic rings. The highest BCUT2D eigenvalue weighted by atomic mass is 16.5. The minimum absolute atomic E-state index is 0.743. The van der Waals surface area contributed by atoms with Crippen LogP contribution in [0.25, 0.3) is 11.3 Å². The highest BCUT2D eigenvalue weighted by molar-refractivity contribution is 5.66. The fourth-order valence-corrected chi connectivity index (χ4v) is 4.30. The van der Waals surface area contributed by atoms with Crippen LogP contribution < -0.4 is 14.4 Å². The molecule has 1 aliphatic rings. The van der Waals surface area contributed by atoms with Gasteiger partial charge < -0.3 is 18.9 Å². The predicted molar refractivity (Wildman–Crippen MR) is 131 cm³/mol. The first-order valence-corrected chi connectivity index (χ1v) is 11.5. The van der Waals surface area contributed by atoms with Crippen LogP contribution >= 0.6 is 0 Å². The fraction of sp³-hybridized carbons (Fsp3) is 0.423. The molecule has 0 spiro atoms. The van der Waals surface area contributed by atoms with Crippen molar-refractivity contribution in [2.75, 3.05) is 65.4 Å². The first kappa shape index (κ1) is 23.1. The molecule has 176 valence electrons. The van der Waals surface area contributed by atoms with Gasteiger partial charge in [-0.15, -0.1) is 0 Å². The van der Waals surface area contributed by atoms with E-state index in [4.69, 9.17) is 14.0 Å². The van der Waals surface area contributed by atoms with E-state index in [1.54, 1.807) is 14.2 Å². The monoisotopic (exact) mass is 450 g/mol. The lowest BCUT2D eigenvalue weighted by atomic mass is 10.1. The van der Waals surface area contributed by atoms with Crippen molar-refractivity contribution in [3.63, 3.8) is 0 Å². The van der Waals surface area contributed by atoms with E-state index in [0.717, 1.165) is 80.8 Å². The van der Waals surface area contributed by atoms with Gasteiger partial charge >= 0.3 is 0 Å². The maximum Gasteiger partial charge on any atom is 0.151 e. The van der Waals surface area contributed by atoms with Gasteiger partial charge in [-0.3, -0.25) is 9.80 Å². The van der Waals surface area contributed by atoms with Crippen molar-refractivity contribution in [3.8, 4) is 22.8 Å². The van der Waals surface area contributed by atoms with Crippen LogP contribution in [-0.2, 0) is 6.54 Å². The third-order valence-electron chi connectivity index (χ3n) is 6.19. The maximum absolute atomic E-state index is 5.58. The SMILES string of the molecule is COc1ccc(N2CCN(CCCN(C)Cc3cc(-c4ccccc4OC)no3)CC2)cc1. The lowest BCUT2D eigenvalue weighted by Gasteiger charge is -2.36. The molecule has 0 aliphatic carbocycles. The number of benzene rings is 2. The average Bonchev–Trinajstić information content (AvgIpc) is 3.32. The Kier molecular flexibility index (Phi) is 7.86. The molecular formula is C26H34N4O3. The molecule has 1 aromatic heterocycles. The van der Waals surface area contributed by atoms with Gasteiger partial charge in [0, 0.05) is 43.5 Å². The normalized spacial score (nSPS) is 14.6. The molecule has 2 heterocycles. The molecular weight excluding hydrogens is 416 g/mol. The minimum Gasteiger partial charge on any atom is -0.497 e. The van der Waals surface area contributed by atoms with Gasteiger partial charge in [0.1, 0.15) is 17.2 Å². The average molecular weight is 451 g/mol. The Balaban J connectivity index is 1.18. The van der Waals surface area contributed by atoms with Crippen molar-refractivity contribution in [1.29, 1.82) is 0 Å². The second-order valence-electron chi connectivity index (χ2n) is 8.50. The van der Waals surface area contributed by atoms with Crippen LogP contribution in [0.15, 0.2) is 59.1 Å². The number of ether oxygens (including phenoxy) is 2. The van der Waals surface area contributed by atoms with Crippen molar-refractivity contribution < 1.29 is 14.0 Å². The van der Waals surface area contributed by atoms with Crippen molar-refractivity contribution in [2.45, 2.75) is 13.0 Å². The summed E-state index contributed by atoms with van der Waals surface area (Å²) in [4.78, 5) is 7.30. The zero-order valence-corrected chi connectivity index (χ0v) is 19.9. The minimum atomic E-state index is 0.743. The number of hydrogen-bond acceptors (Lipinski definition) is 7. The van der Waals surface area contributed by atoms with E-state index in [0.29, 0.717) is 0 Å². The molecule has 0 saturated carbocycles. The molecule has 0 bridgehead atoms. The molecule has 0 unspecified atom stereocenters. The predicted octanol–water partition coefficient (Wildman–Crippen LogP) is 4.00. The topological polar surface area (TPSA) is 54.2 Å². The van der Waals surface area contributed by atoms with E-state index in [1.165, 1.54) is 5.69 Å². The van der Waals surface area contributed by atoms with Gasteiger partial charge in [0.15, 0.2) is 5.76 Å². The number of nitrogens with zero attached hydrogens (tertiary/aromatic N) is 4. The van der Waals surface area contributed by atoms with E-state index in [1.807, 2.05) is 42.5 Å². The van der Waals surface area contributed by atoms with Crippen molar-refractivity contribution in [2.24, 2.45) is 0 Å². The number of piperazine rings is 1. The van der Waals surface area contributed by atoms with Crippen LogP contribution in [0.4, 0.5) is 5.69 Å². The Hall–Kier alpha value is -3.03. The molecule has 1 aliphatic heterocycles. The molecule has 2 aromatic carbocycles. The molecule has 1 saturated heterocycles. The lowest BCUT2D eigenvalue weighted by Crippen LogP contribution is -2.47. The van der Waals surface area contributed by atoms with Gasteiger partial charge in [-0.1, -0.05) is 17.3 Å². The van der Waals surface area contributed by atoms with Crippen LogP contribution in [0.5, 0.6) is 11.5 Å². The zero-order chi connectivity index (χ0) is 23.0. The Morgan fingerprint density at radius 2 is 1.73 bits per heavy atom. The van der Waals surface area contributed by atoms with Gasteiger partial charge in [-0.2, -0.15) is 0 Å². The number of methoxy groups -OCH3 is 2. The molecule has 1 fully saturated rings. The quantitative estimate of drug-likeness (QED) is 0.463. The van der Waals surface area contributed by atoms with Gasteiger partial charge in [0.2, 0.25) is 0 Å². The first-order valence-electron chi connectivity index (χ1n) is 11.5. The summed E-state index contributed by atoms with van der Waals surface area (Å²) < 4.78 is 16.3. The van der Waals surface area contributed by atoms with Gasteiger partial charge in [0.05, 0.1) is 20.8 Å². The molecule has 0 atom stereocenters. The third kappa shape index (κ3) is 6.06. The second kappa shape index (κ2) is 11.2. The van der Waals surface area contributed by atoms with Gasteiger partial charge in [-0.25, -0.2) is 0 Å². The van der Waals surface area contributed by atoms with E-state index in [9.17, 15) is 0 Å². The van der Waals surface area contributed by atoms with Crippen LogP contribution in [-0.4, -0.2) is 75.5 Å². The number of anilines is 1. The largest absolute Gasteiger partial charge is 0.497 e. The van der Waals surface area contributed by atoms with Crippen molar-refractivity contribution >= 4 is 5.69 Å². The number of hydrogen-bond donors (Lipinski definition) is 0. The molecule has 0 N–H and O–H groups in total. The van der Waals surface area contributed by atoms with Gasteiger partial charge in [-0.05, 0) is 63.0 Å². The Bertz CT molecular complexity index is 997. The molecule has 7 heteroatoms. The van der Waals surface area contributed by atoms with Crippen LogP contribution in [0.3, 0.4) is 0 Å². The summed E-state index contributed by atoms with van der Waals surface area (Å²) in [6, 6.07) is 18.2. The fourth-order valence-electron chi connectivity index (χ4n) is 4.30. The molecule has 7 nitrogen and oxygen atoms in total. The summed E-state index contributed by atoms with van der Waals surface area (Å²) >= 11 is 0. The van der Waals surface area contributed by atoms with E-state index < -0.39 is 0 Å². The summed E-state index contributed by atoms with van der Waals surface area (Å²) in [5.74, 6) is 2.58. The summed E-state index contributed by atoms with van der Waals surface area (Å²) in [6.45, 7) is 7.19. The number of para-hydroxylation sites is 1. The standard InChI is InChI=1S/C26H34N4O3/c1-28(20-23-19-25(27-33-23)24-7-4-5-8-26(24)32-3)13-6-14-29-15-17-30(18-16-29)21-9-11-22(31-2)12-10-21/h4-5,7-12,19H,6,13-18,20H2,1-3H3. The van der Waals surface area contributed by atoms with Crippen LogP contribution in [0.1, 0.15) is 12.2 Å². The van der Waals surface area contributed by atoms with Crippen molar-refractivity contribution in [3.05, 3.63) is 60.4 Å². The maximum atomic E-state index is 5.58. The van der Waals surface area contributed by atoms with Crippen LogP contribution in [0, 0.1) is 0 Å². The van der Waals surface area contributed by atoms with Gasteiger partial charge in [0.25, 0.3) is 0 Å². The molecule has 33 heavy (non-hydrogen) atoms. The third-order valence-corrected chi connectivity index (χ3v) is 6.19. The number of aromatic nitrogens is 1. The smallest absolute Gasteiger partial charge is 0.151 e. The Morgan fingerprint density at radius 1 is 0.970 bits per heavy atom. The first-order chi connectivity index (χ1) is 16.2. The van der Waals surface area contributed by atoms with E-state index >= 15 is 0 Å².